The highest BCUT2D eigenvalue weighted by molar-refractivity contribution is 5.98. The molecule has 2 fully saturated rings. The normalized spacial score (nSPS) is 17.9. The van der Waals surface area contributed by atoms with Crippen LogP contribution in [0.2, 0.25) is 0 Å². The van der Waals surface area contributed by atoms with Crippen molar-refractivity contribution in [2.24, 2.45) is 7.05 Å². The van der Waals surface area contributed by atoms with Crippen LogP contribution in [-0.4, -0.2) is 53.6 Å². The lowest BCUT2D eigenvalue weighted by Crippen LogP contribution is -2.41. The van der Waals surface area contributed by atoms with E-state index in [1.165, 1.54) is 6.07 Å². The predicted molar refractivity (Wildman–Crippen MR) is 145 cm³/mol. The SMILES string of the molecule is CNC1CCN(c2ccc(-c3ccc4ncn5c(c(C6CCOCC6)c(=O)n5C)c4c3)cc2C(F)(F)F)CC1. The van der Waals surface area contributed by atoms with Crippen molar-refractivity contribution in [3.8, 4) is 11.1 Å². The zero-order valence-electron chi connectivity index (χ0n) is 22.1. The van der Waals surface area contributed by atoms with Crippen molar-refractivity contribution in [1.29, 1.82) is 0 Å². The fourth-order valence-corrected chi connectivity index (χ4v) is 6.17. The first-order valence-corrected chi connectivity index (χ1v) is 13.5. The van der Waals surface area contributed by atoms with Gasteiger partial charge in [0, 0.05) is 56.0 Å². The van der Waals surface area contributed by atoms with Crippen molar-refractivity contribution in [1.82, 2.24) is 19.5 Å². The van der Waals surface area contributed by atoms with Crippen LogP contribution in [0.15, 0.2) is 47.5 Å². The molecular weight excluding hydrogens is 507 g/mol. The molecule has 0 unspecified atom stereocenters. The zero-order valence-corrected chi connectivity index (χ0v) is 22.1. The minimum atomic E-state index is -4.49. The Kier molecular flexibility index (Phi) is 6.63. The summed E-state index contributed by atoms with van der Waals surface area (Å²) in [6.45, 7) is 2.34. The lowest BCUT2D eigenvalue weighted by atomic mass is 9.91. The van der Waals surface area contributed by atoms with E-state index in [2.05, 4.69) is 10.3 Å². The number of alkyl halides is 3. The van der Waals surface area contributed by atoms with Gasteiger partial charge in [-0.15, -0.1) is 0 Å². The smallest absolute Gasteiger partial charge is 0.381 e. The Balaban J connectivity index is 1.47. The van der Waals surface area contributed by atoms with Crippen LogP contribution < -0.4 is 15.8 Å². The van der Waals surface area contributed by atoms with Crippen molar-refractivity contribution in [3.63, 3.8) is 0 Å². The molecule has 0 radical (unpaired) electrons. The molecule has 4 heterocycles. The van der Waals surface area contributed by atoms with Gasteiger partial charge in [-0.2, -0.15) is 13.2 Å². The third kappa shape index (κ3) is 4.59. The maximum Gasteiger partial charge on any atom is 0.418 e. The number of hydrogen-bond acceptors (Lipinski definition) is 5. The molecule has 7 nitrogen and oxygen atoms in total. The van der Waals surface area contributed by atoms with Crippen molar-refractivity contribution < 1.29 is 17.9 Å². The van der Waals surface area contributed by atoms with Crippen LogP contribution >= 0.6 is 0 Å². The van der Waals surface area contributed by atoms with Gasteiger partial charge in [-0.25, -0.2) is 14.2 Å². The summed E-state index contributed by atoms with van der Waals surface area (Å²) in [5, 5.41) is 3.98. The molecule has 0 atom stereocenters. The molecule has 6 rings (SSSR count). The number of nitrogens with zero attached hydrogens (tertiary/aromatic N) is 4. The number of benzene rings is 2. The van der Waals surface area contributed by atoms with E-state index in [4.69, 9.17) is 4.74 Å². The molecule has 0 aliphatic carbocycles. The van der Waals surface area contributed by atoms with Gasteiger partial charge in [0.1, 0.15) is 6.33 Å². The summed E-state index contributed by atoms with van der Waals surface area (Å²) in [7, 11) is 3.60. The number of piperidine rings is 1. The quantitative estimate of drug-likeness (QED) is 0.398. The molecule has 0 amide bonds. The molecule has 4 aromatic rings. The number of halogens is 3. The number of anilines is 1. The molecule has 0 bridgehead atoms. The van der Waals surface area contributed by atoms with E-state index < -0.39 is 11.7 Å². The molecule has 10 heteroatoms. The number of aryl methyl sites for hydroxylation is 1. The topological polar surface area (TPSA) is 63.8 Å². The Hall–Kier alpha value is -3.37. The number of hydrogen-bond donors (Lipinski definition) is 1. The van der Waals surface area contributed by atoms with Crippen LogP contribution in [0, 0.1) is 0 Å². The Morgan fingerprint density at radius 3 is 2.38 bits per heavy atom. The minimum Gasteiger partial charge on any atom is -0.381 e. The lowest BCUT2D eigenvalue weighted by Gasteiger charge is -2.35. The first-order chi connectivity index (χ1) is 18.8. The molecule has 1 N–H and O–H groups in total. The average molecular weight is 540 g/mol. The number of ether oxygens (including phenoxy) is 1. The van der Waals surface area contributed by atoms with E-state index in [-0.39, 0.29) is 17.2 Å². The molecular formula is C29H32F3N5O2. The zero-order chi connectivity index (χ0) is 27.3. The van der Waals surface area contributed by atoms with Gasteiger partial charge in [-0.05, 0) is 74.0 Å². The Morgan fingerprint density at radius 1 is 1.00 bits per heavy atom. The molecule has 2 saturated heterocycles. The number of rotatable bonds is 4. The van der Waals surface area contributed by atoms with E-state index >= 15 is 0 Å². The molecule has 0 saturated carbocycles. The summed E-state index contributed by atoms with van der Waals surface area (Å²) in [6, 6.07) is 10.4. The number of nitrogens with one attached hydrogen (secondary N) is 1. The molecule has 2 aromatic heterocycles. The van der Waals surface area contributed by atoms with Crippen LogP contribution in [0.25, 0.3) is 27.5 Å². The van der Waals surface area contributed by atoms with E-state index in [0.717, 1.165) is 42.1 Å². The maximum atomic E-state index is 14.3. The van der Waals surface area contributed by atoms with Gasteiger partial charge in [0.2, 0.25) is 0 Å². The van der Waals surface area contributed by atoms with Gasteiger partial charge in [0.25, 0.3) is 5.56 Å². The summed E-state index contributed by atoms with van der Waals surface area (Å²) >= 11 is 0. The van der Waals surface area contributed by atoms with Crippen molar-refractivity contribution in [2.45, 2.75) is 43.8 Å². The third-order valence-corrected chi connectivity index (χ3v) is 8.40. The first-order valence-electron chi connectivity index (χ1n) is 13.5. The molecule has 2 aliphatic heterocycles. The second kappa shape index (κ2) is 9.98. The fraction of sp³-hybridized carbons (Fsp3) is 0.448. The summed E-state index contributed by atoms with van der Waals surface area (Å²) in [6.07, 6.45) is 0.250. The Labute approximate surface area is 224 Å². The summed E-state index contributed by atoms with van der Waals surface area (Å²) in [5.41, 5.74) is 2.83. The van der Waals surface area contributed by atoms with Crippen LogP contribution in [0.5, 0.6) is 0 Å². The van der Waals surface area contributed by atoms with Gasteiger partial charge in [-0.1, -0.05) is 12.1 Å². The van der Waals surface area contributed by atoms with E-state index in [9.17, 15) is 18.0 Å². The minimum absolute atomic E-state index is 0.0554. The average Bonchev–Trinajstić information content (AvgIpc) is 3.22. The maximum absolute atomic E-state index is 14.3. The van der Waals surface area contributed by atoms with Crippen LogP contribution in [0.3, 0.4) is 0 Å². The van der Waals surface area contributed by atoms with Crippen molar-refractivity contribution >= 4 is 22.1 Å². The van der Waals surface area contributed by atoms with E-state index in [1.807, 2.05) is 24.1 Å². The lowest BCUT2D eigenvalue weighted by molar-refractivity contribution is -0.137. The largest absolute Gasteiger partial charge is 0.418 e. The monoisotopic (exact) mass is 539 g/mol. The highest BCUT2D eigenvalue weighted by Crippen LogP contribution is 2.41. The fourth-order valence-electron chi connectivity index (χ4n) is 6.17. The Morgan fingerprint density at radius 2 is 1.69 bits per heavy atom. The Bertz CT molecular complexity index is 1580. The van der Waals surface area contributed by atoms with Gasteiger partial charge >= 0.3 is 6.18 Å². The number of fused-ring (bicyclic) bond motifs is 3. The second-order valence-corrected chi connectivity index (χ2v) is 10.6. The van der Waals surface area contributed by atoms with E-state index in [0.29, 0.717) is 49.0 Å². The van der Waals surface area contributed by atoms with Crippen molar-refractivity contribution in [3.05, 3.63) is 64.2 Å². The molecule has 2 aromatic carbocycles. The van der Waals surface area contributed by atoms with Crippen molar-refractivity contribution in [2.75, 3.05) is 38.3 Å². The summed E-state index contributed by atoms with van der Waals surface area (Å²) < 4.78 is 51.7. The van der Waals surface area contributed by atoms with Crippen LogP contribution in [-0.2, 0) is 18.0 Å². The molecule has 39 heavy (non-hydrogen) atoms. The highest BCUT2D eigenvalue weighted by Gasteiger charge is 2.36. The molecule has 2 aliphatic rings. The number of aromatic nitrogens is 3. The standard InChI is InChI=1S/C29H32F3N5O2/c1-33-21-7-11-36(12-8-21)25-6-4-20(16-23(25)29(30,31)32)19-3-5-24-22(15-19)27-26(18-9-13-39-14-10-18)28(38)35(2)37(27)17-34-24/h3-6,15-18,21,33H,7-14H2,1-2H3. The molecule has 0 spiro atoms. The first kappa shape index (κ1) is 25.9. The predicted octanol–water partition coefficient (Wildman–Crippen LogP) is 4.95. The van der Waals surface area contributed by atoms with Gasteiger partial charge in [0.15, 0.2) is 0 Å². The second-order valence-electron chi connectivity index (χ2n) is 10.6. The molecule has 206 valence electrons. The summed E-state index contributed by atoms with van der Waals surface area (Å²) in [5.74, 6) is 0.0554. The van der Waals surface area contributed by atoms with Crippen LogP contribution in [0.1, 0.15) is 42.7 Å². The summed E-state index contributed by atoms with van der Waals surface area (Å²) in [4.78, 5) is 19.7. The van der Waals surface area contributed by atoms with Gasteiger partial charge in [-0.3, -0.25) is 4.79 Å². The van der Waals surface area contributed by atoms with E-state index in [1.54, 1.807) is 40.8 Å². The van der Waals surface area contributed by atoms with Gasteiger partial charge in [0.05, 0.1) is 16.6 Å². The third-order valence-electron chi connectivity index (χ3n) is 8.40. The van der Waals surface area contributed by atoms with Gasteiger partial charge < -0.3 is 15.0 Å². The van der Waals surface area contributed by atoms with Crippen LogP contribution in [0.4, 0.5) is 18.9 Å². The highest BCUT2D eigenvalue weighted by atomic mass is 19.4.